The van der Waals surface area contributed by atoms with Gasteiger partial charge in [0.15, 0.2) is 0 Å². The maximum absolute atomic E-state index is 6.42. The predicted octanol–water partition coefficient (Wildman–Crippen LogP) is 4.64. The van der Waals surface area contributed by atoms with Gasteiger partial charge in [0.05, 0.1) is 12.7 Å². The Morgan fingerprint density at radius 3 is 2.47 bits per heavy atom. The summed E-state index contributed by atoms with van der Waals surface area (Å²) in [4.78, 5) is 2.09. The molecule has 0 aromatic heterocycles. The van der Waals surface area contributed by atoms with Crippen molar-refractivity contribution in [2.24, 2.45) is 0 Å². The number of fused-ring (bicyclic) bond motifs is 2. The SMILES string of the molecule is COCCOc1cc(-c2c3ccc(=[N+](C)C)cc-3oc3cc(N(C)C)ccc23)ccc1C. The molecule has 0 radical (unpaired) electrons. The van der Waals surface area contributed by atoms with Gasteiger partial charge in [0.2, 0.25) is 5.36 Å². The van der Waals surface area contributed by atoms with Crippen LogP contribution in [-0.4, -0.2) is 48.5 Å². The number of aryl methyl sites for hydroxylation is 1. The van der Waals surface area contributed by atoms with Gasteiger partial charge in [-0.25, -0.2) is 4.58 Å². The van der Waals surface area contributed by atoms with Crippen LogP contribution in [0.3, 0.4) is 0 Å². The molecule has 0 saturated heterocycles. The van der Waals surface area contributed by atoms with Crippen molar-refractivity contribution in [3.05, 3.63) is 65.5 Å². The third-order valence-electron chi connectivity index (χ3n) is 5.74. The van der Waals surface area contributed by atoms with Crippen LogP contribution >= 0.6 is 0 Å². The standard InChI is InChI=1S/C27H31N2O3/c1-18-7-8-19(15-24(18)31-14-13-30-6)27-22-11-9-20(28(2)3)16-25(22)32-26-17-21(29(4)5)10-12-23(26)27/h7-12,15-17H,13-14H2,1-6H3/q+1. The summed E-state index contributed by atoms with van der Waals surface area (Å²) in [6.07, 6.45) is 0. The first-order chi connectivity index (χ1) is 15.4. The molecule has 0 amide bonds. The first-order valence-electron chi connectivity index (χ1n) is 10.8. The Morgan fingerprint density at radius 2 is 1.75 bits per heavy atom. The zero-order chi connectivity index (χ0) is 22.8. The molecule has 32 heavy (non-hydrogen) atoms. The zero-order valence-corrected chi connectivity index (χ0v) is 19.7. The van der Waals surface area contributed by atoms with Crippen LogP contribution in [0.25, 0.3) is 33.4 Å². The third-order valence-corrected chi connectivity index (χ3v) is 5.74. The van der Waals surface area contributed by atoms with Gasteiger partial charge in [-0.2, -0.15) is 0 Å². The van der Waals surface area contributed by atoms with Crippen molar-refractivity contribution >= 4 is 16.7 Å². The number of anilines is 1. The van der Waals surface area contributed by atoms with Gasteiger partial charge < -0.3 is 18.8 Å². The van der Waals surface area contributed by atoms with Crippen LogP contribution in [0.4, 0.5) is 5.69 Å². The van der Waals surface area contributed by atoms with Crippen molar-refractivity contribution in [3.63, 3.8) is 0 Å². The molecule has 5 nitrogen and oxygen atoms in total. The molecule has 4 rings (SSSR count). The van der Waals surface area contributed by atoms with Crippen molar-refractivity contribution < 1.29 is 13.9 Å². The first-order valence-corrected chi connectivity index (χ1v) is 10.8. The molecule has 166 valence electrons. The highest BCUT2D eigenvalue weighted by molar-refractivity contribution is 6.02. The van der Waals surface area contributed by atoms with E-state index < -0.39 is 0 Å². The van der Waals surface area contributed by atoms with E-state index in [1.165, 1.54) is 0 Å². The normalized spacial score (nSPS) is 11.2. The molecule has 2 aromatic carbocycles. The van der Waals surface area contributed by atoms with Crippen molar-refractivity contribution in [1.29, 1.82) is 0 Å². The van der Waals surface area contributed by atoms with Crippen LogP contribution in [0.5, 0.6) is 5.75 Å². The molecule has 0 fully saturated rings. The number of rotatable bonds is 6. The fourth-order valence-corrected chi connectivity index (χ4v) is 3.88. The van der Waals surface area contributed by atoms with E-state index in [0.717, 1.165) is 55.8 Å². The molecule has 0 spiro atoms. The van der Waals surface area contributed by atoms with Gasteiger partial charge >= 0.3 is 0 Å². The quantitative estimate of drug-likeness (QED) is 0.253. The Labute approximate surface area is 189 Å². The molecule has 1 aliphatic heterocycles. The molecule has 2 aliphatic rings. The van der Waals surface area contributed by atoms with Crippen molar-refractivity contribution in [2.75, 3.05) is 53.4 Å². The summed E-state index contributed by atoms with van der Waals surface area (Å²) in [7, 11) is 9.84. The number of nitrogens with zero attached hydrogens (tertiary/aromatic N) is 2. The van der Waals surface area contributed by atoms with Crippen LogP contribution in [0.2, 0.25) is 0 Å². The molecule has 1 aliphatic carbocycles. The van der Waals surface area contributed by atoms with E-state index in [9.17, 15) is 0 Å². The Balaban J connectivity index is 2.00. The smallest absolute Gasteiger partial charge is 0.203 e. The van der Waals surface area contributed by atoms with Gasteiger partial charge in [0.25, 0.3) is 0 Å². The second kappa shape index (κ2) is 9.05. The number of hydrogen-bond acceptors (Lipinski definition) is 4. The van der Waals surface area contributed by atoms with Crippen LogP contribution in [0.1, 0.15) is 5.56 Å². The first kappa shape index (κ1) is 21.9. The van der Waals surface area contributed by atoms with Gasteiger partial charge in [-0.3, -0.25) is 0 Å². The lowest BCUT2D eigenvalue weighted by molar-refractivity contribution is 0.146. The summed E-state index contributed by atoms with van der Waals surface area (Å²) >= 11 is 0. The lowest BCUT2D eigenvalue weighted by Gasteiger charge is -2.18. The largest absolute Gasteiger partial charge is 0.491 e. The van der Waals surface area contributed by atoms with Gasteiger partial charge in [-0.15, -0.1) is 0 Å². The Hall–Kier alpha value is -3.31. The van der Waals surface area contributed by atoms with E-state index in [0.29, 0.717) is 13.2 Å². The second-order valence-electron chi connectivity index (χ2n) is 8.45. The summed E-state index contributed by atoms with van der Waals surface area (Å²) in [5.74, 6) is 1.73. The van der Waals surface area contributed by atoms with Gasteiger partial charge in [0, 0.05) is 55.5 Å². The number of methoxy groups -OCH3 is 1. The van der Waals surface area contributed by atoms with E-state index in [-0.39, 0.29) is 0 Å². The average molecular weight is 432 g/mol. The number of hydrogen-bond donors (Lipinski definition) is 0. The maximum Gasteiger partial charge on any atom is 0.203 e. The van der Waals surface area contributed by atoms with Crippen LogP contribution in [0.15, 0.2) is 59.0 Å². The minimum absolute atomic E-state index is 0.519. The van der Waals surface area contributed by atoms with Gasteiger partial charge in [-0.1, -0.05) is 12.1 Å². The highest BCUT2D eigenvalue weighted by atomic mass is 16.5. The summed E-state index contributed by atoms with van der Waals surface area (Å²) in [6, 6.07) is 19.2. The van der Waals surface area contributed by atoms with Gasteiger partial charge in [0.1, 0.15) is 37.8 Å². The highest BCUT2D eigenvalue weighted by Crippen LogP contribution is 2.41. The van der Waals surface area contributed by atoms with Crippen LogP contribution in [-0.2, 0) is 4.74 Å². The fourth-order valence-electron chi connectivity index (χ4n) is 3.88. The topological polar surface area (TPSA) is 37.9 Å². The molecule has 0 N–H and O–H groups in total. The average Bonchev–Trinajstić information content (AvgIpc) is 2.78. The summed E-state index contributed by atoms with van der Waals surface area (Å²) < 4.78 is 19.7. The molecule has 0 unspecified atom stereocenters. The second-order valence-corrected chi connectivity index (χ2v) is 8.45. The Morgan fingerprint density at radius 1 is 0.938 bits per heavy atom. The van der Waals surface area contributed by atoms with E-state index in [1.54, 1.807) is 7.11 Å². The molecule has 0 bridgehead atoms. The molecule has 2 aromatic rings. The maximum atomic E-state index is 6.42. The number of benzene rings is 3. The number of ether oxygens (including phenoxy) is 2. The predicted molar refractivity (Wildman–Crippen MR) is 132 cm³/mol. The summed E-state index contributed by atoms with van der Waals surface area (Å²) in [5.41, 5.74) is 6.38. The molecular weight excluding hydrogens is 400 g/mol. The minimum Gasteiger partial charge on any atom is -0.491 e. The Bertz CT molecular complexity index is 1300. The molecular formula is C27H31N2O3+. The molecule has 1 heterocycles. The van der Waals surface area contributed by atoms with E-state index in [2.05, 4.69) is 71.0 Å². The van der Waals surface area contributed by atoms with Crippen molar-refractivity contribution in [2.45, 2.75) is 6.92 Å². The van der Waals surface area contributed by atoms with E-state index in [1.807, 2.05) is 28.2 Å². The van der Waals surface area contributed by atoms with Crippen molar-refractivity contribution in [1.82, 2.24) is 4.58 Å². The van der Waals surface area contributed by atoms with Crippen LogP contribution < -0.4 is 19.6 Å². The fraction of sp³-hybridized carbons (Fsp3) is 0.296. The summed E-state index contributed by atoms with van der Waals surface area (Å²) in [6.45, 7) is 3.14. The minimum atomic E-state index is 0.519. The highest BCUT2D eigenvalue weighted by Gasteiger charge is 2.19. The monoisotopic (exact) mass is 431 g/mol. The van der Waals surface area contributed by atoms with Gasteiger partial charge in [-0.05, 0) is 42.3 Å². The lowest BCUT2D eigenvalue weighted by atomic mass is 9.93. The van der Waals surface area contributed by atoms with Crippen LogP contribution in [0, 0.1) is 6.92 Å². The van der Waals surface area contributed by atoms with Crippen molar-refractivity contribution in [3.8, 4) is 28.2 Å². The summed E-state index contributed by atoms with van der Waals surface area (Å²) in [5, 5.41) is 2.18. The molecule has 5 heteroatoms. The lowest BCUT2D eigenvalue weighted by Crippen LogP contribution is -2.21. The third kappa shape index (κ3) is 4.21. The zero-order valence-electron chi connectivity index (χ0n) is 19.7. The van der Waals surface area contributed by atoms with E-state index in [4.69, 9.17) is 13.9 Å². The van der Waals surface area contributed by atoms with E-state index >= 15 is 0 Å². The molecule has 0 atom stereocenters. The molecule has 0 saturated carbocycles. The Kier molecular flexibility index (Phi) is 6.19.